The van der Waals surface area contributed by atoms with Gasteiger partial charge in [0.05, 0.1) is 34.4 Å². The molecule has 1 aromatic carbocycles. The SMILES string of the molecule is CC(C)c1c(NC(=O)NCC2CCCO2)cnn1-c1ccccc1Cl. The first kappa shape index (κ1) is 17.8. The standard InChI is InChI=1S/C18H23ClN4O2/c1-12(2)17-15(22-18(24)20-10-13-6-5-9-25-13)11-21-23(17)16-8-4-3-7-14(16)19/h3-4,7-8,11-13H,5-6,9-10H2,1-2H3,(H2,20,22,24). The van der Waals surface area contributed by atoms with Crippen molar-refractivity contribution in [3.05, 3.63) is 41.2 Å². The minimum Gasteiger partial charge on any atom is -0.376 e. The Bertz CT molecular complexity index is 738. The summed E-state index contributed by atoms with van der Waals surface area (Å²) in [5, 5.41) is 10.8. The first-order valence-electron chi connectivity index (χ1n) is 8.55. The van der Waals surface area contributed by atoms with Crippen LogP contribution in [0.4, 0.5) is 10.5 Å². The molecule has 6 nitrogen and oxygen atoms in total. The number of carbonyl (C=O) groups excluding carboxylic acids is 1. The van der Waals surface area contributed by atoms with Crippen molar-refractivity contribution in [2.75, 3.05) is 18.5 Å². The Morgan fingerprint density at radius 1 is 1.44 bits per heavy atom. The molecule has 0 radical (unpaired) electrons. The number of halogens is 1. The maximum atomic E-state index is 12.2. The molecule has 0 aliphatic carbocycles. The summed E-state index contributed by atoms with van der Waals surface area (Å²) in [7, 11) is 0. The highest BCUT2D eigenvalue weighted by molar-refractivity contribution is 6.32. The predicted octanol–water partition coefficient (Wildman–Crippen LogP) is 3.95. The average molecular weight is 363 g/mol. The normalized spacial score (nSPS) is 17.0. The van der Waals surface area contributed by atoms with Gasteiger partial charge in [-0.1, -0.05) is 37.6 Å². The summed E-state index contributed by atoms with van der Waals surface area (Å²) in [6, 6.07) is 7.26. The topological polar surface area (TPSA) is 68.2 Å². The first-order chi connectivity index (χ1) is 12.1. The van der Waals surface area contributed by atoms with Crippen LogP contribution in [0.15, 0.2) is 30.5 Å². The second-order valence-electron chi connectivity index (χ2n) is 6.43. The van der Waals surface area contributed by atoms with Gasteiger partial charge in [0.15, 0.2) is 0 Å². The van der Waals surface area contributed by atoms with Gasteiger partial charge in [-0.25, -0.2) is 9.48 Å². The molecule has 0 saturated carbocycles. The van der Waals surface area contributed by atoms with E-state index < -0.39 is 0 Å². The summed E-state index contributed by atoms with van der Waals surface area (Å²) >= 11 is 6.30. The van der Waals surface area contributed by atoms with E-state index in [1.165, 1.54) is 0 Å². The maximum absolute atomic E-state index is 12.2. The highest BCUT2D eigenvalue weighted by atomic mass is 35.5. The number of amides is 2. The van der Waals surface area contributed by atoms with E-state index in [4.69, 9.17) is 16.3 Å². The van der Waals surface area contributed by atoms with Crippen molar-refractivity contribution in [3.63, 3.8) is 0 Å². The van der Waals surface area contributed by atoms with Gasteiger partial charge in [-0.15, -0.1) is 0 Å². The lowest BCUT2D eigenvalue weighted by Crippen LogP contribution is -2.35. The molecule has 1 saturated heterocycles. The van der Waals surface area contributed by atoms with Gasteiger partial charge in [0.25, 0.3) is 0 Å². The van der Waals surface area contributed by atoms with Gasteiger partial charge in [0, 0.05) is 13.2 Å². The summed E-state index contributed by atoms with van der Waals surface area (Å²) in [5.41, 5.74) is 2.38. The van der Waals surface area contributed by atoms with E-state index in [2.05, 4.69) is 29.6 Å². The summed E-state index contributed by atoms with van der Waals surface area (Å²) < 4.78 is 7.30. The Morgan fingerprint density at radius 3 is 2.92 bits per heavy atom. The van der Waals surface area contributed by atoms with Crippen LogP contribution in [-0.2, 0) is 4.74 Å². The van der Waals surface area contributed by atoms with E-state index >= 15 is 0 Å². The van der Waals surface area contributed by atoms with Crippen molar-refractivity contribution in [1.29, 1.82) is 0 Å². The highest BCUT2D eigenvalue weighted by Crippen LogP contribution is 2.29. The van der Waals surface area contributed by atoms with Crippen LogP contribution in [0, 0.1) is 0 Å². The van der Waals surface area contributed by atoms with Crippen LogP contribution >= 0.6 is 11.6 Å². The molecule has 0 spiro atoms. The number of nitrogens with one attached hydrogen (secondary N) is 2. The van der Waals surface area contributed by atoms with Crippen LogP contribution < -0.4 is 10.6 Å². The fourth-order valence-electron chi connectivity index (χ4n) is 3.00. The van der Waals surface area contributed by atoms with Gasteiger partial charge in [-0.2, -0.15) is 5.10 Å². The average Bonchev–Trinajstić information content (AvgIpc) is 3.23. The zero-order valence-corrected chi connectivity index (χ0v) is 15.2. The van der Waals surface area contributed by atoms with Gasteiger partial charge >= 0.3 is 6.03 Å². The number of ether oxygens (including phenoxy) is 1. The van der Waals surface area contributed by atoms with Crippen LogP contribution in [0.1, 0.15) is 38.3 Å². The number of para-hydroxylation sites is 1. The molecular weight excluding hydrogens is 340 g/mol. The Labute approximate surface area is 152 Å². The molecule has 0 bridgehead atoms. The van der Waals surface area contributed by atoms with E-state index in [0.717, 1.165) is 30.8 Å². The van der Waals surface area contributed by atoms with Crippen molar-refractivity contribution < 1.29 is 9.53 Å². The fraction of sp³-hybridized carbons (Fsp3) is 0.444. The van der Waals surface area contributed by atoms with Crippen molar-refractivity contribution in [1.82, 2.24) is 15.1 Å². The second kappa shape index (κ2) is 7.89. The van der Waals surface area contributed by atoms with Crippen molar-refractivity contribution in [2.24, 2.45) is 0 Å². The Kier molecular flexibility index (Phi) is 5.60. The molecule has 3 rings (SSSR count). The Morgan fingerprint density at radius 2 is 2.24 bits per heavy atom. The number of rotatable bonds is 5. The number of hydrogen-bond donors (Lipinski definition) is 2. The molecule has 134 valence electrons. The van der Waals surface area contributed by atoms with Crippen LogP contribution in [0.3, 0.4) is 0 Å². The molecule has 1 fully saturated rings. The van der Waals surface area contributed by atoms with E-state index in [0.29, 0.717) is 17.3 Å². The minimum absolute atomic E-state index is 0.112. The summed E-state index contributed by atoms with van der Waals surface area (Å²) in [4.78, 5) is 12.2. The third-order valence-corrected chi connectivity index (χ3v) is 4.52. The third-order valence-electron chi connectivity index (χ3n) is 4.20. The quantitative estimate of drug-likeness (QED) is 0.846. The predicted molar refractivity (Wildman–Crippen MR) is 98.7 cm³/mol. The van der Waals surface area contributed by atoms with Crippen LogP contribution in [-0.4, -0.2) is 35.1 Å². The van der Waals surface area contributed by atoms with Crippen LogP contribution in [0.25, 0.3) is 5.69 Å². The van der Waals surface area contributed by atoms with Crippen LogP contribution in [0.2, 0.25) is 5.02 Å². The number of urea groups is 1. The van der Waals surface area contributed by atoms with Crippen LogP contribution in [0.5, 0.6) is 0 Å². The van der Waals surface area contributed by atoms with Gasteiger partial charge in [-0.05, 0) is 30.9 Å². The Hall–Kier alpha value is -2.05. The van der Waals surface area contributed by atoms with Gasteiger partial charge in [0.1, 0.15) is 0 Å². The molecule has 2 heterocycles. The van der Waals surface area contributed by atoms with Gasteiger partial charge in [-0.3, -0.25) is 0 Å². The summed E-state index contributed by atoms with van der Waals surface area (Å²) in [6.45, 7) is 5.40. The largest absolute Gasteiger partial charge is 0.376 e. The molecule has 1 aliphatic heterocycles. The maximum Gasteiger partial charge on any atom is 0.319 e. The van der Waals surface area contributed by atoms with E-state index in [1.54, 1.807) is 10.9 Å². The number of nitrogens with zero attached hydrogens (tertiary/aromatic N) is 2. The molecule has 1 atom stereocenters. The molecular formula is C18H23ClN4O2. The van der Waals surface area contributed by atoms with Crippen molar-refractivity contribution in [2.45, 2.75) is 38.7 Å². The molecule has 2 N–H and O–H groups in total. The lowest BCUT2D eigenvalue weighted by molar-refractivity contribution is 0.112. The zero-order chi connectivity index (χ0) is 17.8. The minimum atomic E-state index is -0.254. The second-order valence-corrected chi connectivity index (χ2v) is 6.84. The van der Waals surface area contributed by atoms with Crippen molar-refractivity contribution in [3.8, 4) is 5.69 Å². The molecule has 2 amide bonds. The number of hydrogen-bond acceptors (Lipinski definition) is 3. The van der Waals surface area contributed by atoms with Gasteiger partial charge < -0.3 is 15.4 Å². The molecule has 25 heavy (non-hydrogen) atoms. The number of anilines is 1. The van der Waals surface area contributed by atoms with Gasteiger partial charge in [0.2, 0.25) is 0 Å². The summed E-state index contributed by atoms with van der Waals surface area (Å²) in [5.74, 6) is 0.159. The smallest absolute Gasteiger partial charge is 0.319 e. The molecule has 1 aromatic heterocycles. The van der Waals surface area contributed by atoms with E-state index in [1.807, 2.05) is 24.3 Å². The number of carbonyl (C=O) groups is 1. The number of aromatic nitrogens is 2. The van der Waals surface area contributed by atoms with E-state index in [9.17, 15) is 4.79 Å². The fourth-order valence-corrected chi connectivity index (χ4v) is 3.22. The molecule has 7 heteroatoms. The summed E-state index contributed by atoms with van der Waals surface area (Å²) in [6.07, 6.45) is 3.81. The number of benzene rings is 1. The highest BCUT2D eigenvalue weighted by Gasteiger charge is 2.20. The zero-order valence-electron chi connectivity index (χ0n) is 14.5. The Balaban J connectivity index is 1.75. The van der Waals surface area contributed by atoms with E-state index in [-0.39, 0.29) is 18.1 Å². The lowest BCUT2D eigenvalue weighted by Gasteiger charge is -2.15. The molecule has 2 aromatic rings. The van der Waals surface area contributed by atoms with Crippen molar-refractivity contribution >= 4 is 23.3 Å². The first-order valence-corrected chi connectivity index (χ1v) is 8.93. The lowest BCUT2D eigenvalue weighted by atomic mass is 10.1. The third kappa shape index (κ3) is 4.14. The monoisotopic (exact) mass is 362 g/mol. The molecule has 1 unspecified atom stereocenters. The molecule has 1 aliphatic rings.